The van der Waals surface area contributed by atoms with Crippen molar-refractivity contribution in [2.45, 2.75) is 6.36 Å². The zero-order valence-electron chi connectivity index (χ0n) is 7.94. The maximum Gasteiger partial charge on any atom is 0.522 e. The third-order valence-electron chi connectivity index (χ3n) is 1.61. The maximum atomic E-state index is 12.8. The van der Waals surface area contributed by atoms with Gasteiger partial charge in [-0.1, -0.05) is 0 Å². The number of rotatable bonds is 4. The minimum absolute atomic E-state index is 0.0679. The van der Waals surface area contributed by atoms with Crippen LogP contribution in [0.5, 0.6) is 0 Å². The number of alkyl halides is 3. The molecule has 1 aromatic carbocycles. The third-order valence-corrected chi connectivity index (χ3v) is 2.30. The molecule has 0 aliphatic rings. The summed E-state index contributed by atoms with van der Waals surface area (Å²) in [4.78, 5) is 0. The molecule has 0 saturated heterocycles. The summed E-state index contributed by atoms with van der Waals surface area (Å²) in [6, 6.07) is 3.88. The highest BCUT2D eigenvalue weighted by Crippen LogP contribution is 2.23. The second-order valence-corrected chi connectivity index (χ2v) is 3.70. The first-order valence-corrected chi connectivity index (χ1v) is 5.07. The first kappa shape index (κ1) is 13.2. The van der Waals surface area contributed by atoms with Crippen LogP contribution in [0.4, 0.5) is 23.2 Å². The Bertz CT molecular complexity index is 356. The highest BCUT2D eigenvalue weighted by Gasteiger charge is 2.28. The lowest BCUT2D eigenvalue weighted by atomic mass is 10.3. The fourth-order valence-corrected chi connectivity index (χ4v) is 1.37. The van der Waals surface area contributed by atoms with Gasteiger partial charge >= 0.3 is 6.36 Å². The normalized spacial score (nSPS) is 11.6. The van der Waals surface area contributed by atoms with Gasteiger partial charge in [-0.25, -0.2) is 4.39 Å². The Morgan fingerprint density at radius 3 is 2.62 bits per heavy atom. The van der Waals surface area contributed by atoms with Gasteiger partial charge in [0.1, 0.15) is 5.82 Å². The van der Waals surface area contributed by atoms with Crippen LogP contribution in [-0.2, 0) is 4.74 Å². The molecular formula is C9H8BrF4NO. The zero-order valence-corrected chi connectivity index (χ0v) is 9.53. The molecule has 1 aromatic rings. The molecule has 0 radical (unpaired) electrons. The average molecular weight is 302 g/mol. The molecular weight excluding hydrogens is 294 g/mol. The quantitative estimate of drug-likeness (QED) is 0.678. The molecule has 90 valence electrons. The molecule has 0 saturated carbocycles. The molecule has 0 aliphatic heterocycles. The van der Waals surface area contributed by atoms with Crippen molar-refractivity contribution in [3.8, 4) is 0 Å². The van der Waals surface area contributed by atoms with Crippen LogP contribution in [0.2, 0.25) is 0 Å². The van der Waals surface area contributed by atoms with Crippen molar-refractivity contribution in [2.75, 3.05) is 18.5 Å². The Labute approximate surface area is 97.7 Å². The van der Waals surface area contributed by atoms with Crippen molar-refractivity contribution >= 4 is 21.6 Å². The summed E-state index contributed by atoms with van der Waals surface area (Å²) in [6.45, 7) is -0.603. The van der Waals surface area contributed by atoms with Crippen LogP contribution in [0.1, 0.15) is 0 Å². The van der Waals surface area contributed by atoms with E-state index in [4.69, 9.17) is 0 Å². The predicted octanol–water partition coefficient (Wildman–Crippen LogP) is 3.54. The molecule has 0 fully saturated rings. The van der Waals surface area contributed by atoms with Crippen molar-refractivity contribution in [1.82, 2.24) is 0 Å². The van der Waals surface area contributed by atoms with E-state index >= 15 is 0 Å². The SMILES string of the molecule is Fc1ccc(Br)c(NCCOC(F)(F)F)c1. The Hall–Kier alpha value is -0.820. The minimum Gasteiger partial charge on any atom is -0.382 e. The zero-order chi connectivity index (χ0) is 12.2. The van der Waals surface area contributed by atoms with E-state index in [1.165, 1.54) is 18.2 Å². The molecule has 1 rings (SSSR count). The summed E-state index contributed by atoms with van der Waals surface area (Å²) in [5.74, 6) is -0.470. The van der Waals surface area contributed by atoms with Crippen molar-refractivity contribution in [1.29, 1.82) is 0 Å². The molecule has 0 unspecified atom stereocenters. The van der Waals surface area contributed by atoms with Crippen LogP contribution in [0.15, 0.2) is 22.7 Å². The molecule has 0 aromatic heterocycles. The Kier molecular flexibility index (Phi) is 4.55. The van der Waals surface area contributed by atoms with E-state index in [0.29, 0.717) is 10.2 Å². The van der Waals surface area contributed by atoms with E-state index in [9.17, 15) is 17.6 Å². The van der Waals surface area contributed by atoms with Crippen LogP contribution < -0.4 is 5.32 Å². The van der Waals surface area contributed by atoms with Crippen LogP contribution >= 0.6 is 15.9 Å². The van der Waals surface area contributed by atoms with Crippen molar-refractivity contribution < 1.29 is 22.3 Å². The number of anilines is 1. The van der Waals surface area contributed by atoms with Crippen LogP contribution in [0, 0.1) is 5.82 Å². The van der Waals surface area contributed by atoms with Crippen molar-refractivity contribution in [3.05, 3.63) is 28.5 Å². The maximum absolute atomic E-state index is 12.8. The van der Waals surface area contributed by atoms with Crippen LogP contribution in [0.3, 0.4) is 0 Å². The number of ether oxygens (including phenoxy) is 1. The lowest BCUT2D eigenvalue weighted by molar-refractivity contribution is -0.322. The molecule has 1 N–H and O–H groups in total. The van der Waals surface area contributed by atoms with Gasteiger partial charge in [0, 0.05) is 11.0 Å². The lowest BCUT2D eigenvalue weighted by Crippen LogP contribution is -2.19. The molecule has 2 nitrogen and oxygen atoms in total. The molecule has 7 heteroatoms. The molecule has 16 heavy (non-hydrogen) atoms. The van der Waals surface area contributed by atoms with Gasteiger partial charge in [0.2, 0.25) is 0 Å². The standard InChI is InChI=1S/C9H8BrF4NO/c10-7-2-1-6(11)5-8(7)15-3-4-16-9(12,13)14/h1-2,5,15H,3-4H2. The lowest BCUT2D eigenvalue weighted by Gasteiger charge is -2.10. The molecule has 0 bridgehead atoms. The predicted molar refractivity (Wildman–Crippen MR) is 54.6 cm³/mol. The summed E-state index contributed by atoms with van der Waals surface area (Å²) >= 11 is 3.13. The highest BCUT2D eigenvalue weighted by atomic mass is 79.9. The highest BCUT2D eigenvalue weighted by molar-refractivity contribution is 9.10. The van der Waals surface area contributed by atoms with E-state index in [0.717, 1.165) is 0 Å². The summed E-state index contributed by atoms with van der Waals surface area (Å²) in [7, 11) is 0. The Morgan fingerprint density at radius 2 is 2.00 bits per heavy atom. The average Bonchev–Trinajstić information content (AvgIpc) is 2.16. The monoisotopic (exact) mass is 301 g/mol. The third kappa shape index (κ3) is 4.80. The van der Waals surface area contributed by atoms with Gasteiger partial charge in [0.25, 0.3) is 0 Å². The fourth-order valence-electron chi connectivity index (χ4n) is 0.985. The number of hydrogen-bond acceptors (Lipinski definition) is 2. The smallest absolute Gasteiger partial charge is 0.382 e. The summed E-state index contributed by atoms with van der Waals surface area (Å²) in [6.07, 6.45) is -4.64. The fraction of sp³-hybridized carbons (Fsp3) is 0.333. The first-order chi connectivity index (χ1) is 7.38. The van der Waals surface area contributed by atoms with Crippen molar-refractivity contribution in [3.63, 3.8) is 0 Å². The van der Waals surface area contributed by atoms with Gasteiger partial charge in [-0.15, -0.1) is 13.2 Å². The van der Waals surface area contributed by atoms with Gasteiger partial charge in [-0.2, -0.15) is 0 Å². The van der Waals surface area contributed by atoms with E-state index in [-0.39, 0.29) is 6.54 Å². The molecule has 0 spiro atoms. The van der Waals surface area contributed by atoms with Crippen molar-refractivity contribution in [2.24, 2.45) is 0 Å². The van der Waals surface area contributed by atoms with E-state index in [1.54, 1.807) is 0 Å². The van der Waals surface area contributed by atoms with Crippen LogP contribution in [-0.4, -0.2) is 19.5 Å². The number of nitrogens with one attached hydrogen (secondary N) is 1. The van der Waals surface area contributed by atoms with E-state index in [1.807, 2.05) is 0 Å². The molecule has 0 amide bonds. The first-order valence-electron chi connectivity index (χ1n) is 4.28. The Balaban J connectivity index is 2.40. The second-order valence-electron chi connectivity index (χ2n) is 2.85. The van der Waals surface area contributed by atoms with Gasteiger partial charge < -0.3 is 5.32 Å². The Morgan fingerprint density at radius 1 is 1.31 bits per heavy atom. The number of halogens is 5. The van der Waals surface area contributed by atoms with Gasteiger partial charge in [0.05, 0.1) is 12.3 Å². The molecule has 0 aliphatic carbocycles. The van der Waals surface area contributed by atoms with Gasteiger partial charge in [-0.3, -0.25) is 4.74 Å². The number of hydrogen-bond donors (Lipinski definition) is 1. The van der Waals surface area contributed by atoms with E-state index < -0.39 is 18.8 Å². The van der Waals surface area contributed by atoms with Crippen LogP contribution in [0.25, 0.3) is 0 Å². The second kappa shape index (κ2) is 5.49. The number of benzene rings is 1. The van der Waals surface area contributed by atoms with Gasteiger partial charge in [0.15, 0.2) is 0 Å². The molecule has 0 atom stereocenters. The molecule has 0 heterocycles. The summed E-state index contributed by atoms with van der Waals surface area (Å²) in [5, 5.41) is 2.61. The summed E-state index contributed by atoms with van der Waals surface area (Å²) in [5.41, 5.74) is 0.380. The van der Waals surface area contributed by atoms with E-state index in [2.05, 4.69) is 26.0 Å². The summed E-state index contributed by atoms with van der Waals surface area (Å²) < 4.78 is 51.7. The minimum atomic E-state index is -4.64. The van der Waals surface area contributed by atoms with Gasteiger partial charge in [-0.05, 0) is 34.1 Å². The largest absolute Gasteiger partial charge is 0.522 e. The topological polar surface area (TPSA) is 21.3 Å².